The van der Waals surface area contributed by atoms with Gasteiger partial charge in [-0.25, -0.2) is 4.79 Å². The van der Waals surface area contributed by atoms with Crippen LogP contribution in [0.4, 0.5) is 0 Å². The van der Waals surface area contributed by atoms with Crippen LogP contribution in [0.3, 0.4) is 0 Å². The molecule has 0 saturated carbocycles. The van der Waals surface area contributed by atoms with Crippen molar-refractivity contribution in [2.24, 2.45) is 0 Å². The van der Waals surface area contributed by atoms with E-state index in [9.17, 15) is 19.5 Å². The van der Waals surface area contributed by atoms with E-state index in [0.717, 1.165) is 16.7 Å². The Balaban J connectivity index is 1.87. The molecule has 0 spiro atoms. The first-order valence-corrected chi connectivity index (χ1v) is 8.70. The fraction of sp³-hybridized carbons (Fsp3) is 0.250. The number of thiocarbonyl (C=S) groups is 1. The highest BCUT2D eigenvalue weighted by molar-refractivity contribution is 8.26. The first-order valence-electron chi connectivity index (χ1n) is 7.48. The highest BCUT2D eigenvalue weighted by Crippen LogP contribution is 2.36. The summed E-state index contributed by atoms with van der Waals surface area (Å²) in [6, 6.07) is 3.59. The van der Waals surface area contributed by atoms with Gasteiger partial charge in [0, 0.05) is 0 Å². The number of ether oxygens (including phenoxy) is 2. The van der Waals surface area contributed by atoms with E-state index < -0.39 is 30.3 Å². The average molecular weight is 395 g/mol. The van der Waals surface area contributed by atoms with E-state index in [-0.39, 0.29) is 9.23 Å². The van der Waals surface area contributed by atoms with Crippen molar-refractivity contribution in [2.75, 3.05) is 13.2 Å². The molecule has 1 amide bonds. The molecule has 1 aromatic rings. The molecule has 0 bridgehead atoms. The molecule has 0 radical (unpaired) electrons. The van der Waals surface area contributed by atoms with E-state index >= 15 is 0 Å². The standard InChI is InChI=1S/C16H13NO7S2/c18-13(19)7-9(15(21)22)17-14(20)12(26-16(17)25)6-8-1-2-10-11(5-8)24-4-3-23-10/h1-2,5-6,9H,3-4,7H2,(H,18,19)(H,21,22)/b12-6-. The Morgan fingerprint density at radius 3 is 2.62 bits per heavy atom. The number of carbonyl (C=O) groups excluding carboxylic acids is 1. The van der Waals surface area contributed by atoms with E-state index in [0.29, 0.717) is 30.3 Å². The lowest BCUT2D eigenvalue weighted by Gasteiger charge is -2.21. The van der Waals surface area contributed by atoms with E-state index in [1.807, 2.05) is 0 Å². The molecule has 2 aliphatic rings. The third-order valence-electron chi connectivity index (χ3n) is 3.65. The molecule has 1 fully saturated rings. The monoisotopic (exact) mass is 395 g/mol. The Labute approximate surface area is 157 Å². The predicted octanol–water partition coefficient (Wildman–Crippen LogP) is 1.59. The maximum atomic E-state index is 12.6. The second-order valence-electron chi connectivity index (χ2n) is 5.41. The van der Waals surface area contributed by atoms with Gasteiger partial charge in [-0.15, -0.1) is 0 Å². The molecule has 1 atom stereocenters. The Bertz CT molecular complexity index is 836. The molecule has 0 aromatic heterocycles. The number of benzene rings is 1. The fourth-order valence-corrected chi connectivity index (χ4v) is 3.86. The zero-order chi connectivity index (χ0) is 18.8. The normalized spacial score (nSPS) is 18.9. The SMILES string of the molecule is O=C(O)CC(C(=O)O)N1C(=O)/C(=C/c2ccc3c(c2)OCCO3)SC1=S. The summed E-state index contributed by atoms with van der Waals surface area (Å²) >= 11 is 6.01. The molecule has 1 unspecified atom stereocenters. The van der Waals surface area contributed by atoms with Crippen LogP contribution in [0.1, 0.15) is 12.0 Å². The summed E-state index contributed by atoms with van der Waals surface area (Å²) in [5.41, 5.74) is 0.653. The van der Waals surface area contributed by atoms with Gasteiger partial charge < -0.3 is 19.7 Å². The molecular weight excluding hydrogens is 382 g/mol. The summed E-state index contributed by atoms with van der Waals surface area (Å²) in [7, 11) is 0. The summed E-state index contributed by atoms with van der Waals surface area (Å²) in [6.45, 7) is 0.888. The third kappa shape index (κ3) is 3.65. The molecule has 2 aliphatic heterocycles. The maximum Gasteiger partial charge on any atom is 0.327 e. The fourth-order valence-electron chi connectivity index (χ4n) is 2.50. The second-order valence-corrected chi connectivity index (χ2v) is 7.08. The molecule has 2 heterocycles. The van der Waals surface area contributed by atoms with Crippen molar-refractivity contribution in [1.82, 2.24) is 4.90 Å². The lowest BCUT2D eigenvalue weighted by molar-refractivity contribution is -0.150. The van der Waals surface area contributed by atoms with Crippen molar-refractivity contribution in [3.05, 3.63) is 28.7 Å². The number of nitrogens with zero attached hydrogens (tertiary/aromatic N) is 1. The van der Waals surface area contributed by atoms with Crippen molar-refractivity contribution in [2.45, 2.75) is 12.5 Å². The van der Waals surface area contributed by atoms with Crippen LogP contribution in [-0.2, 0) is 14.4 Å². The number of carboxylic acid groups (broad SMARTS) is 2. The summed E-state index contributed by atoms with van der Waals surface area (Å²) in [6.07, 6.45) is 0.816. The Kier molecular flexibility index (Phi) is 5.14. The summed E-state index contributed by atoms with van der Waals surface area (Å²) in [4.78, 5) is 35.9. The van der Waals surface area contributed by atoms with Crippen LogP contribution in [0.2, 0.25) is 0 Å². The number of aliphatic carboxylic acids is 2. The number of thioether (sulfide) groups is 1. The first-order chi connectivity index (χ1) is 12.4. The number of rotatable bonds is 5. The maximum absolute atomic E-state index is 12.6. The molecule has 1 aromatic carbocycles. The summed E-state index contributed by atoms with van der Waals surface area (Å²) in [5, 5.41) is 18.1. The van der Waals surface area contributed by atoms with Gasteiger partial charge in [0.15, 0.2) is 11.5 Å². The van der Waals surface area contributed by atoms with Crippen molar-refractivity contribution in [3.63, 3.8) is 0 Å². The zero-order valence-electron chi connectivity index (χ0n) is 13.2. The second kappa shape index (κ2) is 7.34. The number of carboxylic acids is 2. The molecule has 26 heavy (non-hydrogen) atoms. The Hall–Kier alpha value is -2.59. The number of amides is 1. The van der Waals surface area contributed by atoms with Gasteiger partial charge >= 0.3 is 11.9 Å². The van der Waals surface area contributed by atoms with E-state index in [1.54, 1.807) is 24.3 Å². The number of hydrogen-bond donors (Lipinski definition) is 2. The van der Waals surface area contributed by atoms with Gasteiger partial charge in [-0.3, -0.25) is 14.5 Å². The van der Waals surface area contributed by atoms with Crippen molar-refractivity contribution in [1.29, 1.82) is 0 Å². The zero-order valence-corrected chi connectivity index (χ0v) is 14.8. The van der Waals surface area contributed by atoms with Crippen LogP contribution in [0.15, 0.2) is 23.1 Å². The van der Waals surface area contributed by atoms with Gasteiger partial charge in [0.2, 0.25) is 0 Å². The lowest BCUT2D eigenvalue weighted by Crippen LogP contribution is -2.45. The van der Waals surface area contributed by atoms with Crippen LogP contribution < -0.4 is 9.47 Å². The number of carbonyl (C=O) groups is 3. The van der Waals surface area contributed by atoms with Crippen LogP contribution in [0, 0.1) is 0 Å². The van der Waals surface area contributed by atoms with Gasteiger partial charge in [-0.2, -0.15) is 0 Å². The highest BCUT2D eigenvalue weighted by atomic mass is 32.2. The van der Waals surface area contributed by atoms with Gasteiger partial charge in [0.05, 0.1) is 11.3 Å². The van der Waals surface area contributed by atoms with Crippen molar-refractivity contribution in [3.8, 4) is 11.5 Å². The quantitative estimate of drug-likeness (QED) is 0.567. The molecule has 2 N–H and O–H groups in total. The van der Waals surface area contributed by atoms with E-state index in [2.05, 4.69) is 0 Å². The van der Waals surface area contributed by atoms with Gasteiger partial charge in [0.25, 0.3) is 5.91 Å². The summed E-state index contributed by atoms with van der Waals surface area (Å²) in [5.74, 6) is -2.24. The first kappa shape index (κ1) is 18.2. The topological polar surface area (TPSA) is 113 Å². The molecular formula is C16H13NO7S2. The molecule has 10 heteroatoms. The van der Waals surface area contributed by atoms with E-state index in [4.69, 9.17) is 26.8 Å². The van der Waals surface area contributed by atoms with Gasteiger partial charge in [0.1, 0.15) is 23.6 Å². The molecule has 136 valence electrons. The molecule has 8 nitrogen and oxygen atoms in total. The third-order valence-corrected chi connectivity index (χ3v) is 4.98. The molecule has 1 saturated heterocycles. The van der Waals surface area contributed by atoms with Gasteiger partial charge in [-0.05, 0) is 23.8 Å². The minimum Gasteiger partial charge on any atom is -0.486 e. The molecule has 3 rings (SSSR count). The lowest BCUT2D eigenvalue weighted by atomic mass is 10.1. The van der Waals surface area contributed by atoms with Crippen molar-refractivity contribution >= 4 is 52.2 Å². The van der Waals surface area contributed by atoms with Crippen LogP contribution >= 0.6 is 24.0 Å². The molecule has 0 aliphatic carbocycles. The largest absolute Gasteiger partial charge is 0.486 e. The number of fused-ring (bicyclic) bond motifs is 1. The minimum absolute atomic E-state index is 0.00689. The van der Waals surface area contributed by atoms with Crippen LogP contribution in [0.25, 0.3) is 6.08 Å². The Morgan fingerprint density at radius 1 is 1.27 bits per heavy atom. The Morgan fingerprint density at radius 2 is 1.96 bits per heavy atom. The minimum atomic E-state index is -1.55. The predicted molar refractivity (Wildman–Crippen MR) is 96.1 cm³/mol. The van der Waals surface area contributed by atoms with Crippen molar-refractivity contribution < 1.29 is 34.1 Å². The highest BCUT2D eigenvalue weighted by Gasteiger charge is 2.41. The average Bonchev–Trinajstić information content (AvgIpc) is 2.86. The van der Waals surface area contributed by atoms with E-state index in [1.165, 1.54) is 0 Å². The van der Waals surface area contributed by atoms with Crippen LogP contribution in [0.5, 0.6) is 11.5 Å². The van der Waals surface area contributed by atoms with Crippen LogP contribution in [-0.4, -0.2) is 56.5 Å². The number of hydrogen-bond acceptors (Lipinski definition) is 7. The van der Waals surface area contributed by atoms with Gasteiger partial charge in [-0.1, -0.05) is 30.0 Å². The summed E-state index contributed by atoms with van der Waals surface area (Å²) < 4.78 is 10.9. The smallest absolute Gasteiger partial charge is 0.327 e.